The van der Waals surface area contributed by atoms with Crippen molar-refractivity contribution in [1.29, 1.82) is 0 Å². The molecule has 12 heavy (non-hydrogen) atoms. The van der Waals surface area contributed by atoms with Crippen LogP contribution in [0.4, 0.5) is 0 Å². The van der Waals surface area contributed by atoms with Crippen molar-refractivity contribution < 1.29 is 14.3 Å². The van der Waals surface area contributed by atoms with E-state index in [2.05, 4.69) is 10.1 Å². The number of hydrogen-bond donors (Lipinski definition) is 1. The number of hydrogen-bond acceptors (Lipinski definition) is 4. The molecule has 0 aromatic rings. The van der Waals surface area contributed by atoms with Gasteiger partial charge in [-0.3, -0.25) is 0 Å². The van der Waals surface area contributed by atoms with Crippen molar-refractivity contribution >= 4 is 5.97 Å². The molecule has 4 nitrogen and oxygen atoms in total. The molecule has 0 aliphatic carbocycles. The Morgan fingerprint density at radius 3 is 3.08 bits per heavy atom. The number of carbonyl (C=O) groups excluding carboxylic acids is 1. The third-order valence-corrected chi connectivity index (χ3v) is 1.92. The molecule has 1 rings (SSSR count). The molecule has 1 N–H and O–H groups in total. The Kier molecular flexibility index (Phi) is 4.04. The summed E-state index contributed by atoms with van der Waals surface area (Å²) in [4.78, 5) is 10.7. The standard InChI is InChI=1S/C8H15NO3/c1-11-8(10)6-12-7-3-2-4-9-5-7/h7,9H,2-6H2,1H3/t7-/m1/s1. The van der Waals surface area contributed by atoms with E-state index in [0.29, 0.717) is 0 Å². The SMILES string of the molecule is COC(=O)CO[C@@H]1CCCNC1. The molecule has 0 unspecified atom stereocenters. The van der Waals surface area contributed by atoms with Crippen LogP contribution in [0.25, 0.3) is 0 Å². The number of esters is 1. The molecular weight excluding hydrogens is 158 g/mol. The van der Waals surface area contributed by atoms with Gasteiger partial charge in [-0.05, 0) is 19.4 Å². The van der Waals surface area contributed by atoms with Gasteiger partial charge in [-0.15, -0.1) is 0 Å². The van der Waals surface area contributed by atoms with Gasteiger partial charge < -0.3 is 14.8 Å². The van der Waals surface area contributed by atoms with Gasteiger partial charge in [0, 0.05) is 6.54 Å². The number of rotatable bonds is 3. The first-order valence-electron chi connectivity index (χ1n) is 4.22. The molecule has 0 spiro atoms. The van der Waals surface area contributed by atoms with Gasteiger partial charge in [0.2, 0.25) is 0 Å². The summed E-state index contributed by atoms with van der Waals surface area (Å²) >= 11 is 0. The first-order valence-corrected chi connectivity index (χ1v) is 4.22. The molecule has 70 valence electrons. The summed E-state index contributed by atoms with van der Waals surface area (Å²) in [7, 11) is 1.37. The van der Waals surface area contributed by atoms with Gasteiger partial charge in [0.25, 0.3) is 0 Å². The lowest BCUT2D eigenvalue weighted by Crippen LogP contribution is -2.36. The van der Waals surface area contributed by atoms with Crippen LogP contribution in [0.5, 0.6) is 0 Å². The molecule has 1 aliphatic rings. The Bertz CT molecular complexity index is 143. The third-order valence-electron chi connectivity index (χ3n) is 1.92. The van der Waals surface area contributed by atoms with Crippen LogP contribution in [0.2, 0.25) is 0 Å². The highest BCUT2D eigenvalue weighted by atomic mass is 16.6. The number of ether oxygens (including phenoxy) is 2. The fourth-order valence-corrected chi connectivity index (χ4v) is 1.21. The van der Waals surface area contributed by atoms with Crippen molar-refractivity contribution in [2.24, 2.45) is 0 Å². The molecule has 0 amide bonds. The van der Waals surface area contributed by atoms with Gasteiger partial charge in [-0.2, -0.15) is 0 Å². The quantitative estimate of drug-likeness (QED) is 0.607. The van der Waals surface area contributed by atoms with Gasteiger partial charge >= 0.3 is 5.97 Å². The van der Waals surface area contributed by atoms with Crippen LogP contribution >= 0.6 is 0 Å². The fourth-order valence-electron chi connectivity index (χ4n) is 1.21. The summed E-state index contributed by atoms with van der Waals surface area (Å²) in [6.45, 7) is 1.97. The molecule has 1 fully saturated rings. The van der Waals surface area contributed by atoms with Crippen molar-refractivity contribution in [3.63, 3.8) is 0 Å². The van der Waals surface area contributed by atoms with Crippen LogP contribution in [-0.2, 0) is 14.3 Å². The van der Waals surface area contributed by atoms with Gasteiger partial charge in [-0.1, -0.05) is 0 Å². The lowest BCUT2D eigenvalue weighted by Gasteiger charge is -2.22. The lowest BCUT2D eigenvalue weighted by atomic mass is 10.1. The van der Waals surface area contributed by atoms with Crippen molar-refractivity contribution in [1.82, 2.24) is 5.32 Å². The highest BCUT2D eigenvalue weighted by molar-refractivity contribution is 5.70. The monoisotopic (exact) mass is 173 g/mol. The fraction of sp³-hybridized carbons (Fsp3) is 0.875. The Morgan fingerprint density at radius 1 is 1.67 bits per heavy atom. The minimum atomic E-state index is -0.305. The molecule has 1 atom stereocenters. The Hall–Kier alpha value is -0.610. The van der Waals surface area contributed by atoms with E-state index in [1.54, 1.807) is 0 Å². The van der Waals surface area contributed by atoms with Crippen molar-refractivity contribution in [2.75, 3.05) is 26.8 Å². The maximum atomic E-state index is 10.7. The number of nitrogens with one attached hydrogen (secondary N) is 1. The van der Waals surface area contributed by atoms with Crippen LogP contribution in [0, 0.1) is 0 Å². The predicted molar refractivity (Wildman–Crippen MR) is 43.9 cm³/mol. The topological polar surface area (TPSA) is 47.6 Å². The van der Waals surface area contributed by atoms with Crippen LogP contribution in [-0.4, -0.2) is 38.9 Å². The zero-order chi connectivity index (χ0) is 8.81. The average molecular weight is 173 g/mol. The minimum Gasteiger partial charge on any atom is -0.467 e. The van der Waals surface area contributed by atoms with E-state index in [1.165, 1.54) is 7.11 Å². The second kappa shape index (κ2) is 5.11. The van der Waals surface area contributed by atoms with Crippen molar-refractivity contribution in [2.45, 2.75) is 18.9 Å². The minimum absolute atomic E-state index is 0.0723. The molecule has 1 aliphatic heterocycles. The highest BCUT2D eigenvalue weighted by Gasteiger charge is 2.14. The summed E-state index contributed by atoms with van der Waals surface area (Å²) in [6.07, 6.45) is 2.33. The molecule has 0 aromatic carbocycles. The Morgan fingerprint density at radius 2 is 2.50 bits per heavy atom. The van der Waals surface area contributed by atoms with Crippen molar-refractivity contribution in [3.05, 3.63) is 0 Å². The van der Waals surface area contributed by atoms with Gasteiger partial charge in [-0.25, -0.2) is 4.79 Å². The van der Waals surface area contributed by atoms with Crippen LogP contribution in [0.15, 0.2) is 0 Å². The molecule has 0 bridgehead atoms. The second-order valence-corrected chi connectivity index (χ2v) is 2.86. The summed E-state index contributed by atoms with van der Waals surface area (Å²) < 4.78 is 9.76. The van der Waals surface area contributed by atoms with E-state index in [4.69, 9.17) is 4.74 Å². The summed E-state index contributed by atoms with van der Waals surface area (Å²) in [6, 6.07) is 0. The van der Waals surface area contributed by atoms with Gasteiger partial charge in [0.1, 0.15) is 6.61 Å². The van der Waals surface area contributed by atoms with Crippen molar-refractivity contribution in [3.8, 4) is 0 Å². The van der Waals surface area contributed by atoms with Crippen LogP contribution < -0.4 is 5.32 Å². The average Bonchev–Trinajstić information content (AvgIpc) is 2.16. The third kappa shape index (κ3) is 3.19. The first-order chi connectivity index (χ1) is 5.83. The van der Waals surface area contributed by atoms with Gasteiger partial charge in [0.05, 0.1) is 13.2 Å². The molecule has 0 aromatic heterocycles. The summed E-state index contributed by atoms with van der Waals surface area (Å²) in [5.41, 5.74) is 0. The van der Waals surface area contributed by atoms with E-state index in [-0.39, 0.29) is 18.7 Å². The summed E-state index contributed by atoms with van der Waals surface area (Å²) in [5, 5.41) is 3.20. The number of carbonyl (C=O) groups is 1. The zero-order valence-corrected chi connectivity index (χ0v) is 7.34. The number of methoxy groups -OCH3 is 1. The van der Waals surface area contributed by atoms with E-state index in [0.717, 1.165) is 25.9 Å². The highest BCUT2D eigenvalue weighted by Crippen LogP contribution is 2.05. The van der Waals surface area contributed by atoms with E-state index in [9.17, 15) is 4.79 Å². The molecule has 0 saturated carbocycles. The first kappa shape index (κ1) is 9.48. The van der Waals surface area contributed by atoms with E-state index < -0.39 is 0 Å². The molecule has 0 radical (unpaired) electrons. The smallest absolute Gasteiger partial charge is 0.331 e. The Balaban J connectivity index is 2.09. The lowest BCUT2D eigenvalue weighted by molar-refractivity contribution is -0.148. The van der Waals surface area contributed by atoms with Crippen LogP contribution in [0.3, 0.4) is 0 Å². The zero-order valence-electron chi connectivity index (χ0n) is 7.34. The van der Waals surface area contributed by atoms with E-state index in [1.807, 2.05) is 0 Å². The van der Waals surface area contributed by atoms with Gasteiger partial charge in [0.15, 0.2) is 0 Å². The van der Waals surface area contributed by atoms with Crippen LogP contribution in [0.1, 0.15) is 12.8 Å². The predicted octanol–water partition coefficient (Wildman–Crippen LogP) is -0.0720. The molecule has 1 saturated heterocycles. The molecule has 4 heteroatoms. The largest absolute Gasteiger partial charge is 0.467 e. The maximum absolute atomic E-state index is 10.7. The normalized spacial score (nSPS) is 23.6. The second-order valence-electron chi connectivity index (χ2n) is 2.86. The Labute approximate surface area is 72.2 Å². The maximum Gasteiger partial charge on any atom is 0.331 e. The summed E-state index contributed by atoms with van der Waals surface area (Å²) in [5.74, 6) is -0.305. The van der Waals surface area contributed by atoms with E-state index >= 15 is 0 Å². The number of piperidine rings is 1. The molecular formula is C8H15NO3. The molecule has 1 heterocycles.